The van der Waals surface area contributed by atoms with Crippen molar-refractivity contribution >= 4 is 23.7 Å². The second-order valence-electron chi connectivity index (χ2n) is 5.18. The second-order valence-corrected chi connectivity index (χ2v) is 6.29. The monoisotopic (exact) mass is 377 g/mol. The van der Waals surface area contributed by atoms with Gasteiger partial charge in [0, 0.05) is 23.9 Å². The van der Waals surface area contributed by atoms with Crippen LogP contribution in [0.3, 0.4) is 0 Å². The maximum atomic E-state index is 12.0. The number of hydrogen-bond donors (Lipinski definition) is 1. The Labute approximate surface area is 157 Å². The lowest BCUT2D eigenvalue weighted by Crippen LogP contribution is -2.23. The molecule has 1 N–H and O–H groups in total. The molecule has 0 saturated heterocycles. The Hall–Kier alpha value is -2.54. The number of carbonyl (C=O) groups excluding carboxylic acids is 1. The summed E-state index contributed by atoms with van der Waals surface area (Å²) in [7, 11) is 4.65. The lowest BCUT2D eigenvalue weighted by atomic mass is 10.1. The van der Waals surface area contributed by atoms with Crippen molar-refractivity contribution in [3.8, 4) is 17.2 Å². The zero-order valence-corrected chi connectivity index (χ0v) is 15.9. The van der Waals surface area contributed by atoms with Gasteiger partial charge in [-0.25, -0.2) is 0 Å². The Balaban J connectivity index is 1.85. The SMILES string of the molecule is COc1ccc(C=CC(=O)NCCSCc2ccco2)c(OC)c1OC. The van der Waals surface area contributed by atoms with Gasteiger partial charge in [-0.2, -0.15) is 11.8 Å². The van der Waals surface area contributed by atoms with E-state index < -0.39 is 0 Å². The molecule has 1 aromatic heterocycles. The number of carbonyl (C=O) groups is 1. The maximum absolute atomic E-state index is 12.0. The number of furan rings is 1. The van der Waals surface area contributed by atoms with Crippen molar-refractivity contribution in [2.75, 3.05) is 33.6 Å². The van der Waals surface area contributed by atoms with Gasteiger partial charge in [0.25, 0.3) is 0 Å². The van der Waals surface area contributed by atoms with Gasteiger partial charge in [0.2, 0.25) is 11.7 Å². The third-order valence-electron chi connectivity index (χ3n) is 3.52. The lowest BCUT2D eigenvalue weighted by Gasteiger charge is -2.13. The van der Waals surface area contributed by atoms with Crippen LogP contribution < -0.4 is 19.5 Å². The van der Waals surface area contributed by atoms with Crippen LogP contribution in [0, 0.1) is 0 Å². The predicted molar refractivity (Wildman–Crippen MR) is 103 cm³/mol. The summed E-state index contributed by atoms with van der Waals surface area (Å²) >= 11 is 1.70. The lowest BCUT2D eigenvalue weighted by molar-refractivity contribution is -0.116. The molecule has 6 nitrogen and oxygen atoms in total. The van der Waals surface area contributed by atoms with Crippen LogP contribution in [0.15, 0.2) is 41.0 Å². The zero-order valence-electron chi connectivity index (χ0n) is 15.1. The van der Waals surface area contributed by atoms with Crippen molar-refractivity contribution in [1.82, 2.24) is 5.32 Å². The van der Waals surface area contributed by atoms with E-state index in [1.54, 1.807) is 51.5 Å². The molecular formula is C19H23NO5S. The van der Waals surface area contributed by atoms with Crippen molar-refractivity contribution in [3.63, 3.8) is 0 Å². The molecule has 26 heavy (non-hydrogen) atoms. The van der Waals surface area contributed by atoms with Crippen LogP contribution in [0.1, 0.15) is 11.3 Å². The van der Waals surface area contributed by atoms with Gasteiger partial charge in [0.05, 0.1) is 33.3 Å². The molecule has 0 fully saturated rings. The van der Waals surface area contributed by atoms with Crippen LogP contribution in [0.25, 0.3) is 6.08 Å². The molecule has 0 aliphatic carbocycles. The van der Waals surface area contributed by atoms with Gasteiger partial charge < -0.3 is 23.9 Å². The molecule has 7 heteroatoms. The summed E-state index contributed by atoms with van der Waals surface area (Å²) in [6.45, 7) is 0.581. The first-order chi connectivity index (χ1) is 12.7. The average molecular weight is 377 g/mol. The minimum Gasteiger partial charge on any atom is -0.493 e. The van der Waals surface area contributed by atoms with Gasteiger partial charge in [-0.05, 0) is 30.3 Å². The number of ether oxygens (including phenoxy) is 3. The largest absolute Gasteiger partial charge is 0.493 e. The highest BCUT2D eigenvalue weighted by Crippen LogP contribution is 2.40. The van der Waals surface area contributed by atoms with Crippen molar-refractivity contribution in [3.05, 3.63) is 47.9 Å². The highest BCUT2D eigenvalue weighted by molar-refractivity contribution is 7.98. The molecule has 0 spiro atoms. The molecular weight excluding hydrogens is 354 g/mol. The molecule has 0 aliphatic heterocycles. The number of methoxy groups -OCH3 is 3. The fourth-order valence-corrected chi connectivity index (χ4v) is 3.05. The molecule has 2 rings (SSSR count). The molecule has 1 heterocycles. The summed E-state index contributed by atoms with van der Waals surface area (Å²) in [6.07, 6.45) is 4.82. The normalized spacial score (nSPS) is 10.7. The Morgan fingerprint density at radius 3 is 2.62 bits per heavy atom. The van der Waals surface area contributed by atoms with E-state index in [4.69, 9.17) is 18.6 Å². The van der Waals surface area contributed by atoms with Crippen LogP contribution in [0.2, 0.25) is 0 Å². The summed E-state index contributed by atoms with van der Waals surface area (Å²) in [5.74, 6) is 3.94. The van der Waals surface area contributed by atoms with Gasteiger partial charge >= 0.3 is 0 Å². The number of nitrogens with one attached hydrogen (secondary N) is 1. The van der Waals surface area contributed by atoms with Gasteiger partial charge in [0.1, 0.15) is 5.76 Å². The number of amides is 1. The average Bonchev–Trinajstić information content (AvgIpc) is 3.18. The first-order valence-electron chi connectivity index (χ1n) is 8.04. The number of thioether (sulfide) groups is 1. The standard InChI is InChI=1S/C19H23NO5S/c1-22-16-8-6-14(18(23-2)19(16)24-3)7-9-17(21)20-10-12-26-13-15-5-4-11-25-15/h4-9,11H,10,12-13H2,1-3H3,(H,20,21). The second kappa shape index (κ2) is 10.5. The fraction of sp³-hybridized carbons (Fsp3) is 0.316. The van der Waals surface area contributed by atoms with Crippen LogP contribution in [0.4, 0.5) is 0 Å². The fourth-order valence-electron chi connectivity index (χ4n) is 2.29. The van der Waals surface area contributed by atoms with E-state index in [-0.39, 0.29) is 5.91 Å². The molecule has 0 aliphatic rings. The van der Waals surface area contributed by atoms with Gasteiger partial charge in [-0.1, -0.05) is 0 Å². The summed E-state index contributed by atoms with van der Waals surface area (Å²) < 4.78 is 21.2. The van der Waals surface area contributed by atoms with E-state index in [1.165, 1.54) is 6.08 Å². The number of benzene rings is 1. The molecule has 0 unspecified atom stereocenters. The van der Waals surface area contributed by atoms with Gasteiger partial charge in [-0.15, -0.1) is 0 Å². The van der Waals surface area contributed by atoms with Crippen molar-refractivity contribution in [1.29, 1.82) is 0 Å². The Bertz CT molecular complexity index is 728. The molecule has 1 aromatic carbocycles. The predicted octanol–water partition coefficient (Wildman–Crippen LogP) is 3.37. The highest BCUT2D eigenvalue weighted by atomic mass is 32.2. The summed E-state index contributed by atoms with van der Waals surface area (Å²) in [5, 5.41) is 2.85. The Morgan fingerprint density at radius 1 is 1.15 bits per heavy atom. The summed E-state index contributed by atoms with van der Waals surface area (Å²) in [4.78, 5) is 12.0. The molecule has 1 amide bonds. The van der Waals surface area contributed by atoms with Crippen LogP contribution in [-0.4, -0.2) is 39.5 Å². The first-order valence-corrected chi connectivity index (χ1v) is 9.20. The van der Waals surface area contributed by atoms with E-state index >= 15 is 0 Å². The molecule has 140 valence electrons. The summed E-state index contributed by atoms with van der Waals surface area (Å²) in [5.41, 5.74) is 0.729. The maximum Gasteiger partial charge on any atom is 0.244 e. The van der Waals surface area contributed by atoms with Gasteiger partial charge in [0.15, 0.2) is 11.5 Å². The van der Waals surface area contributed by atoms with Crippen molar-refractivity contribution < 1.29 is 23.4 Å². The first kappa shape index (κ1) is 19.8. The topological polar surface area (TPSA) is 69.9 Å². The minimum atomic E-state index is -0.166. The smallest absolute Gasteiger partial charge is 0.244 e. The molecule has 0 radical (unpaired) electrons. The van der Waals surface area contributed by atoms with Crippen LogP contribution in [-0.2, 0) is 10.5 Å². The molecule has 0 bridgehead atoms. The third-order valence-corrected chi connectivity index (χ3v) is 4.50. The van der Waals surface area contributed by atoms with Crippen LogP contribution >= 0.6 is 11.8 Å². The third kappa shape index (κ3) is 5.49. The Kier molecular flexibility index (Phi) is 7.95. The van der Waals surface area contributed by atoms with E-state index in [0.717, 1.165) is 22.8 Å². The number of rotatable bonds is 10. The van der Waals surface area contributed by atoms with E-state index in [9.17, 15) is 4.79 Å². The quantitative estimate of drug-likeness (QED) is 0.506. The zero-order chi connectivity index (χ0) is 18.8. The van der Waals surface area contributed by atoms with E-state index in [0.29, 0.717) is 23.8 Å². The molecule has 0 saturated carbocycles. The summed E-state index contributed by atoms with van der Waals surface area (Å²) in [6, 6.07) is 7.38. The Morgan fingerprint density at radius 2 is 1.96 bits per heavy atom. The minimum absolute atomic E-state index is 0.166. The number of hydrogen-bond acceptors (Lipinski definition) is 6. The van der Waals surface area contributed by atoms with Crippen LogP contribution in [0.5, 0.6) is 17.2 Å². The van der Waals surface area contributed by atoms with Crippen molar-refractivity contribution in [2.24, 2.45) is 0 Å². The van der Waals surface area contributed by atoms with E-state index in [2.05, 4.69) is 5.32 Å². The highest BCUT2D eigenvalue weighted by Gasteiger charge is 2.14. The van der Waals surface area contributed by atoms with E-state index in [1.807, 2.05) is 18.2 Å². The molecule has 0 atom stereocenters. The molecule has 2 aromatic rings. The van der Waals surface area contributed by atoms with Crippen molar-refractivity contribution in [2.45, 2.75) is 5.75 Å². The van der Waals surface area contributed by atoms with Gasteiger partial charge in [-0.3, -0.25) is 4.79 Å².